The zero-order chi connectivity index (χ0) is 37.5. The van der Waals surface area contributed by atoms with Crippen LogP contribution < -0.4 is 5.32 Å². The molecule has 0 rings (SSSR count). The molecule has 7 heteroatoms. The fourth-order valence-corrected chi connectivity index (χ4v) is 8.16. The smallest absolute Gasteiger partial charge is 0.266 e. The molecule has 6 nitrogen and oxygen atoms in total. The molecule has 0 aliphatic carbocycles. The number of carbonyl (C=O) groups excluding carboxylic acids is 1. The fourth-order valence-electron chi connectivity index (χ4n) is 7.40. The number of carbonyl (C=O) groups is 1. The van der Waals surface area contributed by atoms with Crippen molar-refractivity contribution in [2.45, 2.75) is 270 Å². The molecule has 2 unspecified atom stereocenters. The first-order chi connectivity index (χ1) is 24.8. The molecule has 1 amide bonds. The van der Waals surface area contributed by atoms with E-state index in [9.17, 15) is 22.9 Å². The van der Waals surface area contributed by atoms with E-state index in [0.29, 0.717) is 12.8 Å². The Kier molecular flexibility index (Phi) is 38.5. The van der Waals surface area contributed by atoms with Gasteiger partial charge in [0.05, 0.1) is 17.9 Å². The van der Waals surface area contributed by atoms with E-state index in [1.165, 1.54) is 193 Å². The van der Waals surface area contributed by atoms with Crippen LogP contribution in [0.3, 0.4) is 0 Å². The van der Waals surface area contributed by atoms with Crippen molar-refractivity contribution in [2.75, 3.05) is 5.75 Å². The Morgan fingerprint density at radius 3 is 0.980 bits per heavy atom. The van der Waals surface area contributed by atoms with Gasteiger partial charge >= 0.3 is 0 Å². The highest BCUT2D eigenvalue weighted by molar-refractivity contribution is 7.85. The molecule has 0 saturated heterocycles. The molecule has 0 heterocycles. The minimum atomic E-state index is -4.31. The van der Waals surface area contributed by atoms with Crippen molar-refractivity contribution in [1.82, 2.24) is 5.32 Å². The summed E-state index contributed by atoms with van der Waals surface area (Å²) in [7, 11) is -4.31. The maximum absolute atomic E-state index is 12.6. The number of aliphatic hydroxyl groups excluding tert-OH is 1. The van der Waals surface area contributed by atoms with Crippen LogP contribution in [0.2, 0.25) is 0 Å². The summed E-state index contributed by atoms with van der Waals surface area (Å²) in [6, 6.07) is -0.964. The van der Waals surface area contributed by atoms with E-state index < -0.39 is 28.0 Å². The molecule has 51 heavy (non-hydrogen) atoms. The van der Waals surface area contributed by atoms with Gasteiger partial charge in [0.15, 0.2) is 0 Å². The highest BCUT2D eigenvalue weighted by atomic mass is 32.2. The van der Waals surface area contributed by atoms with Crippen LogP contribution in [-0.4, -0.2) is 41.9 Å². The Bertz CT molecular complexity index is 820. The number of hydrogen-bond donors (Lipinski definition) is 3. The van der Waals surface area contributed by atoms with Crippen LogP contribution >= 0.6 is 0 Å². The van der Waals surface area contributed by atoms with Gasteiger partial charge in [-0.05, 0) is 12.8 Å². The van der Waals surface area contributed by atoms with Gasteiger partial charge in [0, 0.05) is 6.42 Å². The minimum absolute atomic E-state index is 0.239. The molecule has 306 valence electrons. The molecule has 2 atom stereocenters. The van der Waals surface area contributed by atoms with Gasteiger partial charge in [0.1, 0.15) is 0 Å². The monoisotopic (exact) mass is 744 g/mol. The first-order valence-electron chi connectivity index (χ1n) is 22.7. The van der Waals surface area contributed by atoms with Crippen LogP contribution in [-0.2, 0) is 14.9 Å². The molecule has 0 saturated carbocycles. The van der Waals surface area contributed by atoms with E-state index in [1.807, 2.05) is 0 Å². The lowest BCUT2D eigenvalue weighted by atomic mass is 10.0. The number of aliphatic hydroxyl groups is 1. The third kappa shape index (κ3) is 40.4. The van der Waals surface area contributed by atoms with Gasteiger partial charge in [-0.3, -0.25) is 9.35 Å². The second kappa shape index (κ2) is 39.0. The highest BCUT2D eigenvalue weighted by Crippen LogP contribution is 2.17. The van der Waals surface area contributed by atoms with Crippen molar-refractivity contribution < 1.29 is 22.9 Å². The Hall–Kier alpha value is -0.660. The van der Waals surface area contributed by atoms with Gasteiger partial charge in [0.2, 0.25) is 5.91 Å². The summed E-state index contributed by atoms with van der Waals surface area (Å²) in [6.07, 6.45) is 46.3. The van der Waals surface area contributed by atoms with E-state index in [4.69, 9.17) is 0 Å². The van der Waals surface area contributed by atoms with Crippen LogP contribution in [0, 0.1) is 0 Å². The molecular formula is C44H89NO5S. The molecule has 0 aromatic rings. The normalized spacial score (nSPS) is 13.1. The van der Waals surface area contributed by atoms with E-state index in [-0.39, 0.29) is 5.91 Å². The predicted molar refractivity (Wildman–Crippen MR) is 221 cm³/mol. The topological polar surface area (TPSA) is 104 Å². The highest BCUT2D eigenvalue weighted by Gasteiger charge is 2.26. The van der Waals surface area contributed by atoms with Gasteiger partial charge in [-0.15, -0.1) is 0 Å². The average molecular weight is 744 g/mol. The van der Waals surface area contributed by atoms with E-state index in [1.54, 1.807) is 0 Å². The predicted octanol–water partition coefficient (Wildman–Crippen LogP) is 13.6. The summed E-state index contributed by atoms with van der Waals surface area (Å²) >= 11 is 0. The van der Waals surface area contributed by atoms with Crippen molar-refractivity contribution in [3.63, 3.8) is 0 Å². The van der Waals surface area contributed by atoms with E-state index in [0.717, 1.165) is 38.5 Å². The average Bonchev–Trinajstić information content (AvgIpc) is 3.09. The first kappa shape index (κ1) is 50.3. The van der Waals surface area contributed by atoms with Crippen LogP contribution in [0.5, 0.6) is 0 Å². The fraction of sp³-hybridized carbons (Fsp3) is 0.977. The number of nitrogens with one attached hydrogen (secondary N) is 1. The maximum Gasteiger partial charge on any atom is 0.266 e. The molecular weight excluding hydrogens is 655 g/mol. The summed E-state index contributed by atoms with van der Waals surface area (Å²) in [4.78, 5) is 12.6. The third-order valence-electron chi connectivity index (χ3n) is 10.8. The standard InChI is InChI=1S/C44H89NO5S/c1-3-5-7-9-11-13-15-17-19-21-22-24-25-27-29-31-33-35-37-39-43(46)42(41-51(48,49)50)45-44(47)40-38-36-34-32-30-28-26-23-20-18-16-14-12-10-8-6-4-2/h42-43,46H,3-41H2,1-2H3,(H,45,47)(H,48,49,50). The summed E-state index contributed by atoms with van der Waals surface area (Å²) in [5.74, 6) is -0.880. The number of amides is 1. The molecule has 0 aromatic carbocycles. The van der Waals surface area contributed by atoms with Gasteiger partial charge in [0.25, 0.3) is 10.1 Å². The Balaban J connectivity index is 3.77. The number of unbranched alkanes of at least 4 members (excludes halogenated alkanes) is 34. The molecule has 0 aliphatic heterocycles. The lowest BCUT2D eigenvalue weighted by molar-refractivity contribution is -0.122. The Morgan fingerprint density at radius 1 is 0.451 bits per heavy atom. The van der Waals surface area contributed by atoms with Gasteiger partial charge in [-0.1, -0.05) is 239 Å². The van der Waals surface area contributed by atoms with Crippen molar-refractivity contribution in [3.05, 3.63) is 0 Å². The van der Waals surface area contributed by atoms with Crippen LogP contribution in [0.25, 0.3) is 0 Å². The second-order valence-corrected chi connectivity index (χ2v) is 17.5. The quantitative estimate of drug-likeness (QED) is 0.0426. The molecule has 0 aromatic heterocycles. The van der Waals surface area contributed by atoms with Crippen LogP contribution in [0.4, 0.5) is 0 Å². The summed E-state index contributed by atoms with van der Waals surface area (Å²) in [6.45, 7) is 4.55. The Morgan fingerprint density at radius 2 is 0.706 bits per heavy atom. The van der Waals surface area contributed by atoms with Gasteiger partial charge < -0.3 is 10.4 Å². The van der Waals surface area contributed by atoms with Gasteiger partial charge in [-0.25, -0.2) is 0 Å². The summed E-state index contributed by atoms with van der Waals surface area (Å²) in [5.41, 5.74) is 0. The second-order valence-electron chi connectivity index (χ2n) is 16.0. The summed E-state index contributed by atoms with van der Waals surface area (Å²) in [5, 5.41) is 13.4. The zero-order valence-electron chi connectivity index (χ0n) is 34.3. The number of hydrogen-bond acceptors (Lipinski definition) is 4. The number of rotatable bonds is 42. The molecule has 0 fully saturated rings. The molecule has 3 N–H and O–H groups in total. The van der Waals surface area contributed by atoms with Crippen LogP contribution in [0.15, 0.2) is 0 Å². The largest absolute Gasteiger partial charge is 0.391 e. The van der Waals surface area contributed by atoms with Crippen molar-refractivity contribution in [3.8, 4) is 0 Å². The zero-order valence-corrected chi connectivity index (χ0v) is 35.1. The Labute approximate surface area is 319 Å². The molecule has 0 aliphatic rings. The molecule has 0 radical (unpaired) electrons. The van der Waals surface area contributed by atoms with Crippen molar-refractivity contribution in [1.29, 1.82) is 0 Å². The summed E-state index contributed by atoms with van der Waals surface area (Å²) < 4.78 is 32.6. The van der Waals surface area contributed by atoms with E-state index >= 15 is 0 Å². The van der Waals surface area contributed by atoms with Crippen molar-refractivity contribution in [2.24, 2.45) is 0 Å². The maximum atomic E-state index is 12.6. The third-order valence-corrected chi connectivity index (χ3v) is 11.6. The minimum Gasteiger partial charge on any atom is -0.391 e. The SMILES string of the molecule is CCCCCCCCCCCCCCCCCCCCCC(O)C(CS(=O)(=O)O)NC(=O)CCCCCCCCCCCCCCCCCCC. The lowest BCUT2D eigenvalue weighted by Crippen LogP contribution is -2.47. The van der Waals surface area contributed by atoms with Gasteiger partial charge in [-0.2, -0.15) is 8.42 Å². The first-order valence-corrected chi connectivity index (χ1v) is 24.3. The molecule has 0 spiro atoms. The van der Waals surface area contributed by atoms with Crippen molar-refractivity contribution >= 4 is 16.0 Å². The molecule has 0 bridgehead atoms. The van der Waals surface area contributed by atoms with Crippen LogP contribution in [0.1, 0.15) is 258 Å². The lowest BCUT2D eigenvalue weighted by Gasteiger charge is -2.23. The van der Waals surface area contributed by atoms with E-state index in [2.05, 4.69) is 19.2 Å².